The minimum absolute atomic E-state index is 0.0381. The first-order valence-electron chi connectivity index (χ1n) is 3.39. The van der Waals surface area contributed by atoms with Gasteiger partial charge in [0.2, 0.25) is 5.96 Å². The first kappa shape index (κ1) is 9.88. The smallest absolute Gasteiger partial charge is 0.208 e. The highest BCUT2D eigenvalue weighted by molar-refractivity contribution is 7.17. The van der Waals surface area contributed by atoms with E-state index in [1.54, 1.807) is 6.07 Å². The quantitative estimate of drug-likeness (QED) is 0.403. The number of guanidine groups is 1. The molecule has 1 aromatic heterocycles. The van der Waals surface area contributed by atoms with Crippen LogP contribution in [0.5, 0.6) is 0 Å². The summed E-state index contributed by atoms with van der Waals surface area (Å²) >= 11 is 7.13. The summed E-state index contributed by atoms with van der Waals surface area (Å²) in [5, 5.41) is 3.60. The Hall–Kier alpha value is -1.20. The van der Waals surface area contributed by atoms with Gasteiger partial charge in [-0.15, -0.1) is 16.4 Å². The van der Waals surface area contributed by atoms with Crippen LogP contribution >= 0.6 is 22.9 Å². The Bertz CT molecular complexity index is 340. The summed E-state index contributed by atoms with van der Waals surface area (Å²) in [6.45, 7) is 3.73. The van der Waals surface area contributed by atoms with Crippen LogP contribution in [0.3, 0.4) is 0 Å². The number of nitrogens with one attached hydrogen (secondary N) is 1. The molecule has 0 spiro atoms. The average Bonchev–Trinajstić information content (AvgIpc) is 2.47. The Morgan fingerprint density at radius 1 is 1.54 bits per heavy atom. The van der Waals surface area contributed by atoms with Crippen molar-refractivity contribution in [2.24, 2.45) is 16.6 Å². The van der Waals surface area contributed by atoms with Crippen LogP contribution in [0.2, 0.25) is 4.34 Å². The van der Waals surface area contributed by atoms with Gasteiger partial charge < -0.3 is 11.5 Å². The minimum Gasteiger partial charge on any atom is -0.369 e. The molecule has 5 N–H and O–H groups in total. The molecule has 1 rings (SSSR count). The van der Waals surface area contributed by atoms with Crippen molar-refractivity contribution in [3.05, 3.63) is 27.9 Å². The third-order valence-corrected chi connectivity index (χ3v) is 2.48. The largest absolute Gasteiger partial charge is 0.369 e. The Kier molecular flexibility index (Phi) is 3.16. The van der Waals surface area contributed by atoms with Gasteiger partial charge in [0, 0.05) is 0 Å². The van der Waals surface area contributed by atoms with Crippen LogP contribution in [0.25, 0.3) is 5.70 Å². The van der Waals surface area contributed by atoms with E-state index in [2.05, 4.69) is 17.1 Å². The standard InChI is InChI=1S/C7H9ClN4S/c1-4(11-12-7(9)10)5-2-3-6(8)13-5/h2-3,11H,1H2,(H4,9,10,12). The van der Waals surface area contributed by atoms with Crippen molar-refractivity contribution in [3.63, 3.8) is 0 Å². The Morgan fingerprint density at radius 2 is 2.23 bits per heavy atom. The molecule has 0 atom stereocenters. The third kappa shape index (κ3) is 2.96. The van der Waals surface area contributed by atoms with Crippen LogP contribution in [0.4, 0.5) is 0 Å². The fourth-order valence-corrected chi connectivity index (χ4v) is 1.63. The summed E-state index contributed by atoms with van der Waals surface area (Å²) < 4.78 is 0.697. The van der Waals surface area contributed by atoms with Crippen molar-refractivity contribution in [1.29, 1.82) is 0 Å². The number of rotatable bonds is 3. The Labute approximate surface area is 84.9 Å². The van der Waals surface area contributed by atoms with E-state index in [0.29, 0.717) is 10.0 Å². The molecule has 1 aromatic rings. The fraction of sp³-hybridized carbons (Fsp3) is 0. The SMILES string of the molecule is C=C(NN=C(N)N)c1ccc(Cl)s1. The molecular weight excluding hydrogens is 208 g/mol. The van der Waals surface area contributed by atoms with Gasteiger partial charge in [-0.25, -0.2) is 0 Å². The normalized spacial score (nSPS) is 9.31. The van der Waals surface area contributed by atoms with E-state index in [9.17, 15) is 0 Å². The molecule has 0 bridgehead atoms. The van der Waals surface area contributed by atoms with Gasteiger partial charge in [0.15, 0.2) is 0 Å². The summed E-state index contributed by atoms with van der Waals surface area (Å²) in [7, 11) is 0. The van der Waals surface area contributed by atoms with Crippen LogP contribution in [0.15, 0.2) is 23.8 Å². The summed E-state index contributed by atoms with van der Waals surface area (Å²) in [6.07, 6.45) is 0. The number of hydrogen-bond acceptors (Lipinski definition) is 3. The van der Waals surface area contributed by atoms with E-state index in [4.69, 9.17) is 23.1 Å². The Balaban J connectivity index is 2.64. The number of halogens is 1. The van der Waals surface area contributed by atoms with E-state index in [-0.39, 0.29) is 5.96 Å². The molecule has 0 aromatic carbocycles. The second-order valence-electron chi connectivity index (χ2n) is 2.23. The summed E-state index contributed by atoms with van der Waals surface area (Å²) in [6, 6.07) is 3.62. The van der Waals surface area contributed by atoms with Crippen molar-refractivity contribution in [2.45, 2.75) is 0 Å². The van der Waals surface area contributed by atoms with Gasteiger partial charge in [-0.2, -0.15) is 0 Å². The molecule has 0 saturated carbocycles. The molecule has 0 unspecified atom stereocenters. The second kappa shape index (κ2) is 4.15. The summed E-state index contributed by atoms with van der Waals surface area (Å²) in [5.41, 5.74) is 13.5. The summed E-state index contributed by atoms with van der Waals surface area (Å²) in [5.74, 6) is -0.0381. The lowest BCUT2D eigenvalue weighted by Gasteiger charge is -2.00. The first-order chi connectivity index (χ1) is 6.09. The van der Waals surface area contributed by atoms with E-state index in [0.717, 1.165) is 4.88 Å². The van der Waals surface area contributed by atoms with Gasteiger partial charge in [0.1, 0.15) is 0 Å². The zero-order valence-corrected chi connectivity index (χ0v) is 8.32. The number of hydrogen-bond donors (Lipinski definition) is 3. The first-order valence-corrected chi connectivity index (χ1v) is 4.58. The van der Waals surface area contributed by atoms with E-state index in [1.807, 2.05) is 6.07 Å². The van der Waals surface area contributed by atoms with Gasteiger partial charge >= 0.3 is 0 Å². The van der Waals surface area contributed by atoms with Crippen LogP contribution in [0, 0.1) is 0 Å². The lowest BCUT2D eigenvalue weighted by molar-refractivity contribution is 0.987. The molecule has 4 nitrogen and oxygen atoms in total. The van der Waals surface area contributed by atoms with Crippen LogP contribution in [-0.4, -0.2) is 5.96 Å². The molecule has 0 aliphatic carbocycles. The molecule has 6 heteroatoms. The molecule has 0 amide bonds. The minimum atomic E-state index is -0.0381. The molecular formula is C7H9ClN4S. The second-order valence-corrected chi connectivity index (χ2v) is 3.95. The van der Waals surface area contributed by atoms with Crippen LogP contribution in [-0.2, 0) is 0 Å². The number of nitrogens with two attached hydrogens (primary N) is 2. The monoisotopic (exact) mass is 216 g/mol. The number of hydrazone groups is 1. The third-order valence-electron chi connectivity index (χ3n) is 1.19. The van der Waals surface area contributed by atoms with Crippen molar-refractivity contribution < 1.29 is 0 Å². The van der Waals surface area contributed by atoms with E-state index < -0.39 is 0 Å². The highest BCUT2D eigenvalue weighted by Gasteiger charge is 2.00. The molecule has 0 aliphatic rings. The fourth-order valence-electron chi connectivity index (χ4n) is 0.664. The van der Waals surface area contributed by atoms with Gasteiger partial charge in [-0.3, -0.25) is 5.43 Å². The van der Waals surface area contributed by atoms with Crippen LogP contribution < -0.4 is 16.9 Å². The molecule has 70 valence electrons. The zero-order chi connectivity index (χ0) is 9.84. The van der Waals surface area contributed by atoms with Gasteiger partial charge in [-0.05, 0) is 12.1 Å². The Morgan fingerprint density at radius 3 is 2.69 bits per heavy atom. The predicted molar refractivity (Wildman–Crippen MR) is 57.3 cm³/mol. The molecule has 1 heterocycles. The highest BCUT2D eigenvalue weighted by atomic mass is 35.5. The average molecular weight is 217 g/mol. The van der Waals surface area contributed by atoms with E-state index in [1.165, 1.54) is 11.3 Å². The highest BCUT2D eigenvalue weighted by Crippen LogP contribution is 2.25. The molecule has 0 radical (unpaired) electrons. The molecule has 0 saturated heterocycles. The van der Waals surface area contributed by atoms with Gasteiger partial charge in [0.05, 0.1) is 14.9 Å². The van der Waals surface area contributed by atoms with Gasteiger partial charge in [0.25, 0.3) is 0 Å². The number of nitrogens with zero attached hydrogens (tertiary/aromatic N) is 1. The topological polar surface area (TPSA) is 76.4 Å². The van der Waals surface area contributed by atoms with E-state index >= 15 is 0 Å². The molecule has 13 heavy (non-hydrogen) atoms. The zero-order valence-electron chi connectivity index (χ0n) is 6.75. The maximum absolute atomic E-state index is 5.73. The lowest BCUT2D eigenvalue weighted by atomic mass is 10.4. The van der Waals surface area contributed by atoms with Crippen molar-refractivity contribution in [2.75, 3.05) is 0 Å². The molecule has 0 fully saturated rings. The van der Waals surface area contributed by atoms with Crippen molar-refractivity contribution in [3.8, 4) is 0 Å². The van der Waals surface area contributed by atoms with Crippen molar-refractivity contribution in [1.82, 2.24) is 5.43 Å². The molecule has 0 aliphatic heterocycles. The van der Waals surface area contributed by atoms with Crippen molar-refractivity contribution >= 4 is 34.6 Å². The lowest BCUT2D eigenvalue weighted by Crippen LogP contribution is -2.25. The van der Waals surface area contributed by atoms with Gasteiger partial charge in [-0.1, -0.05) is 18.2 Å². The maximum atomic E-state index is 5.73. The predicted octanol–water partition coefficient (Wildman–Crippen LogP) is 1.15. The maximum Gasteiger partial charge on any atom is 0.208 e. The summed E-state index contributed by atoms with van der Waals surface area (Å²) in [4.78, 5) is 0.898. The number of thiophene rings is 1. The van der Waals surface area contributed by atoms with Crippen LogP contribution in [0.1, 0.15) is 4.88 Å².